The molecular weight excluding hydrogens is 186 g/mol. The van der Waals surface area contributed by atoms with Crippen LogP contribution in [0.1, 0.15) is 25.7 Å². The van der Waals surface area contributed by atoms with E-state index in [1.807, 2.05) is 0 Å². The first-order valence-corrected chi connectivity index (χ1v) is 6.38. The lowest BCUT2D eigenvalue weighted by Crippen LogP contribution is -2.43. The van der Waals surface area contributed by atoms with E-state index >= 15 is 0 Å². The van der Waals surface area contributed by atoms with Crippen LogP contribution in [0, 0.1) is 0 Å². The van der Waals surface area contributed by atoms with Crippen LogP contribution in [0.4, 0.5) is 0 Å². The molecule has 0 aromatic heterocycles. The van der Waals surface area contributed by atoms with Crippen molar-refractivity contribution in [1.82, 2.24) is 15.1 Å². The molecule has 2 rings (SSSR count). The van der Waals surface area contributed by atoms with Crippen molar-refractivity contribution < 1.29 is 0 Å². The lowest BCUT2D eigenvalue weighted by Gasteiger charge is -2.30. The van der Waals surface area contributed by atoms with E-state index in [2.05, 4.69) is 29.2 Å². The zero-order valence-corrected chi connectivity index (χ0v) is 10.2. The minimum Gasteiger partial charge on any atom is -0.313 e. The van der Waals surface area contributed by atoms with Crippen LogP contribution in [-0.2, 0) is 0 Å². The molecule has 15 heavy (non-hydrogen) atoms. The Balaban J connectivity index is 1.53. The lowest BCUT2D eigenvalue weighted by atomic mass is 10.1. The smallest absolute Gasteiger partial charge is 0.0107 e. The fourth-order valence-corrected chi connectivity index (χ4v) is 2.36. The van der Waals surface area contributed by atoms with Gasteiger partial charge >= 0.3 is 0 Å². The summed E-state index contributed by atoms with van der Waals surface area (Å²) in [5.41, 5.74) is 0. The Bertz CT molecular complexity index is 183. The third-order valence-corrected chi connectivity index (χ3v) is 3.79. The number of nitrogens with one attached hydrogen (secondary N) is 1. The van der Waals surface area contributed by atoms with Crippen molar-refractivity contribution in [3.8, 4) is 0 Å². The van der Waals surface area contributed by atoms with Crippen molar-refractivity contribution in [3.63, 3.8) is 0 Å². The summed E-state index contributed by atoms with van der Waals surface area (Å²) in [6, 6.07) is 1.68. The monoisotopic (exact) mass is 211 g/mol. The van der Waals surface area contributed by atoms with Crippen molar-refractivity contribution in [1.29, 1.82) is 0 Å². The van der Waals surface area contributed by atoms with Gasteiger partial charge in [0.2, 0.25) is 0 Å². The molecule has 1 N–H and O–H groups in total. The Hall–Kier alpha value is -0.120. The summed E-state index contributed by atoms with van der Waals surface area (Å²) in [7, 11) is 4.48. The summed E-state index contributed by atoms with van der Waals surface area (Å²) >= 11 is 0. The maximum atomic E-state index is 3.69. The molecule has 0 atom stereocenters. The van der Waals surface area contributed by atoms with E-state index in [1.165, 1.54) is 51.9 Å². The van der Waals surface area contributed by atoms with E-state index in [9.17, 15) is 0 Å². The van der Waals surface area contributed by atoms with Gasteiger partial charge in [-0.05, 0) is 52.9 Å². The summed E-state index contributed by atoms with van der Waals surface area (Å²) in [6.07, 6.45) is 5.49. The number of nitrogens with zero attached hydrogens (tertiary/aromatic N) is 2. The quantitative estimate of drug-likeness (QED) is 0.724. The third-order valence-electron chi connectivity index (χ3n) is 3.79. The number of likely N-dealkylation sites (N-methyl/N-ethyl adjacent to an activating group) is 1. The van der Waals surface area contributed by atoms with Gasteiger partial charge in [0.25, 0.3) is 0 Å². The summed E-state index contributed by atoms with van der Waals surface area (Å²) in [6.45, 7) is 4.91. The van der Waals surface area contributed by atoms with E-state index in [0.717, 1.165) is 12.1 Å². The molecule has 0 aromatic rings. The molecule has 0 bridgehead atoms. The molecule has 2 fully saturated rings. The molecular formula is C12H25N3. The predicted octanol–water partition coefficient (Wildman–Crippen LogP) is 0.764. The maximum absolute atomic E-state index is 3.69. The first kappa shape index (κ1) is 11.4. The van der Waals surface area contributed by atoms with Gasteiger partial charge in [-0.15, -0.1) is 0 Å². The van der Waals surface area contributed by atoms with Gasteiger partial charge in [0.05, 0.1) is 0 Å². The molecule has 0 aromatic carbocycles. The second-order valence-electron chi connectivity index (χ2n) is 5.24. The lowest BCUT2D eigenvalue weighted by molar-refractivity contribution is 0.227. The highest BCUT2D eigenvalue weighted by Crippen LogP contribution is 2.24. The molecule has 1 aliphatic carbocycles. The van der Waals surface area contributed by atoms with E-state index in [4.69, 9.17) is 0 Å². The Labute approximate surface area is 93.8 Å². The average Bonchev–Trinajstić information content (AvgIpc) is 3.04. The SMILES string of the molecule is CN1CCC(NCCN(C)C2CC2)CC1. The standard InChI is InChI=1S/C12H25N3/c1-14-8-5-11(6-9-14)13-7-10-15(2)12-3-4-12/h11-13H,3-10H2,1-2H3. The Kier molecular flexibility index (Phi) is 4.00. The van der Waals surface area contributed by atoms with E-state index in [0.29, 0.717) is 0 Å². The fourth-order valence-electron chi connectivity index (χ4n) is 2.36. The summed E-state index contributed by atoms with van der Waals surface area (Å²) in [4.78, 5) is 4.93. The molecule has 2 aliphatic rings. The Morgan fingerprint density at radius 3 is 2.47 bits per heavy atom. The highest BCUT2D eigenvalue weighted by Gasteiger charge is 2.25. The number of rotatable bonds is 5. The zero-order valence-electron chi connectivity index (χ0n) is 10.2. The summed E-state index contributed by atoms with van der Waals surface area (Å²) < 4.78 is 0. The van der Waals surface area contributed by atoms with E-state index in [-0.39, 0.29) is 0 Å². The van der Waals surface area contributed by atoms with Crippen molar-refractivity contribution in [2.45, 2.75) is 37.8 Å². The average molecular weight is 211 g/mol. The number of likely N-dealkylation sites (tertiary alicyclic amines) is 1. The molecule has 88 valence electrons. The molecule has 1 saturated heterocycles. The molecule has 3 nitrogen and oxygen atoms in total. The molecule has 0 amide bonds. The first-order valence-electron chi connectivity index (χ1n) is 6.38. The normalized spacial score (nSPS) is 25.0. The van der Waals surface area contributed by atoms with Crippen LogP contribution in [0.15, 0.2) is 0 Å². The second-order valence-corrected chi connectivity index (χ2v) is 5.24. The van der Waals surface area contributed by atoms with E-state index < -0.39 is 0 Å². The van der Waals surface area contributed by atoms with Gasteiger partial charge in [0.1, 0.15) is 0 Å². The molecule has 0 unspecified atom stereocenters. The van der Waals surface area contributed by atoms with Crippen molar-refractivity contribution in [3.05, 3.63) is 0 Å². The fraction of sp³-hybridized carbons (Fsp3) is 1.00. The molecule has 1 saturated carbocycles. The summed E-state index contributed by atoms with van der Waals surface area (Å²) in [5, 5.41) is 3.69. The van der Waals surface area contributed by atoms with Crippen LogP contribution in [0.3, 0.4) is 0 Å². The minimum absolute atomic E-state index is 0.772. The van der Waals surface area contributed by atoms with Gasteiger partial charge < -0.3 is 15.1 Å². The van der Waals surface area contributed by atoms with Gasteiger partial charge in [-0.25, -0.2) is 0 Å². The molecule has 0 radical (unpaired) electrons. The van der Waals surface area contributed by atoms with Crippen LogP contribution in [0.5, 0.6) is 0 Å². The Morgan fingerprint density at radius 1 is 1.20 bits per heavy atom. The zero-order chi connectivity index (χ0) is 10.7. The van der Waals surface area contributed by atoms with Gasteiger partial charge in [0, 0.05) is 25.2 Å². The van der Waals surface area contributed by atoms with Gasteiger partial charge in [0.15, 0.2) is 0 Å². The first-order chi connectivity index (χ1) is 7.25. The Morgan fingerprint density at radius 2 is 1.87 bits per heavy atom. The minimum atomic E-state index is 0.772. The number of hydrogen-bond acceptors (Lipinski definition) is 3. The topological polar surface area (TPSA) is 18.5 Å². The van der Waals surface area contributed by atoms with Gasteiger partial charge in [-0.2, -0.15) is 0 Å². The number of piperidine rings is 1. The van der Waals surface area contributed by atoms with E-state index in [1.54, 1.807) is 0 Å². The molecule has 1 heterocycles. The van der Waals surface area contributed by atoms with Crippen LogP contribution < -0.4 is 5.32 Å². The number of hydrogen-bond donors (Lipinski definition) is 1. The summed E-state index contributed by atoms with van der Waals surface area (Å²) in [5.74, 6) is 0. The van der Waals surface area contributed by atoms with Crippen molar-refractivity contribution in [2.24, 2.45) is 0 Å². The molecule has 1 aliphatic heterocycles. The van der Waals surface area contributed by atoms with Crippen molar-refractivity contribution in [2.75, 3.05) is 40.3 Å². The predicted molar refractivity (Wildman–Crippen MR) is 64.2 cm³/mol. The van der Waals surface area contributed by atoms with Gasteiger partial charge in [-0.3, -0.25) is 0 Å². The van der Waals surface area contributed by atoms with Crippen LogP contribution in [0.2, 0.25) is 0 Å². The maximum Gasteiger partial charge on any atom is 0.0107 e. The van der Waals surface area contributed by atoms with Gasteiger partial charge in [-0.1, -0.05) is 0 Å². The largest absolute Gasteiger partial charge is 0.313 e. The van der Waals surface area contributed by atoms with Crippen LogP contribution in [-0.4, -0.2) is 62.2 Å². The van der Waals surface area contributed by atoms with Crippen molar-refractivity contribution >= 4 is 0 Å². The highest BCUT2D eigenvalue weighted by atomic mass is 15.2. The molecule has 0 spiro atoms. The third kappa shape index (κ3) is 3.74. The van der Waals surface area contributed by atoms with Crippen LogP contribution >= 0.6 is 0 Å². The molecule has 3 heteroatoms. The second kappa shape index (κ2) is 5.28. The highest BCUT2D eigenvalue weighted by molar-refractivity contribution is 4.83. The van der Waals surface area contributed by atoms with Crippen LogP contribution in [0.25, 0.3) is 0 Å².